The summed E-state index contributed by atoms with van der Waals surface area (Å²) in [5.41, 5.74) is 0.264. The van der Waals surface area contributed by atoms with Crippen LogP contribution >= 0.6 is 11.6 Å². The van der Waals surface area contributed by atoms with Crippen LogP contribution in [0.5, 0.6) is 5.88 Å². The van der Waals surface area contributed by atoms with E-state index in [1.807, 2.05) is 6.07 Å². The Balaban J connectivity index is 3.30. The molecule has 16 heavy (non-hydrogen) atoms. The number of halogens is 3. The van der Waals surface area contributed by atoms with Crippen molar-refractivity contribution in [2.24, 2.45) is 0 Å². The van der Waals surface area contributed by atoms with Crippen molar-refractivity contribution in [3.8, 4) is 11.9 Å². The Morgan fingerprint density at radius 3 is 2.69 bits per heavy atom. The zero-order valence-electron chi connectivity index (χ0n) is 8.51. The highest BCUT2D eigenvalue weighted by Gasteiger charge is 2.18. The topological polar surface area (TPSA) is 45.9 Å². The van der Waals surface area contributed by atoms with Crippen LogP contribution in [0.1, 0.15) is 23.2 Å². The fourth-order valence-electron chi connectivity index (χ4n) is 1.29. The molecule has 0 aliphatic carbocycles. The standard InChI is InChI=1S/C10H9ClF2N2O/c1-16-10-7(5-11)4-6(2-3-14)8(15-10)9(12)13/h4,9H,2,5H2,1H3. The number of hydrogen-bond donors (Lipinski definition) is 0. The van der Waals surface area contributed by atoms with E-state index in [1.165, 1.54) is 13.2 Å². The van der Waals surface area contributed by atoms with Gasteiger partial charge in [-0.3, -0.25) is 0 Å². The number of alkyl halides is 3. The molecule has 1 aromatic rings. The van der Waals surface area contributed by atoms with Gasteiger partial charge in [-0.05, 0) is 11.6 Å². The molecule has 0 amide bonds. The Morgan fingerprint density at radius 1 is 1.56 bits per heavy atom. The lowest BCUT2D eigenvalue weighted by Gasteiger charge is -2.11. The van der Waals surface area contributed by atoms with Crippen molar-refractivity contribution in [1.29, 1.82) is 5.26 Å². The van der Waals surface area contributed by atoms with Crippen molar-refractivity contribution in [2.45, 2.75) is 18.7 Å². The van der Waals surface area contributed by atoms with Gasteiger partial charge in [-0.15, -0.1) is 11.6 Å². The monoisotopic (exact) mass is 246 g/mol. The molecule has 3 nitrogen and oxygen atoms in total. The van der Waals surface area contributed by atoms with Crippen LogP contribution in [0.4, 0.5) is 8.78 Å². The molecule has 0 fully saturated rings. The predicted octanol–water partition coefficient (Wildman–Crippen LogP) is 2.83. The molecule has 0 spiro atoms. The van der Waals surface area contributed by atoms with Gasteiger partial charge >= 0.3 is 0 Å². The van der Waals surface area contributed by atoms with Crippen molar-refractivity contribution in [3.63, 3.8) is 0 Å². The second kappa shape index (κ2) is 5.61. The van der Waals surface area contributed by atoms with E-state index in [1.54, 1.807) is 0 Å². The summed E-state index contributed by atoms with van der Waals surface area (Å²) in [6.07, 6.45) is -2.86. The van der Waals surface area contributed by atoms with E-state index in [2.05, 4.69) is 4.98 Å². The van der Waals surface area contributed by atoms with Crippen LogP contribution in [0.3, 0.4) is 0 Å². The van der Waals surface area contributed by atoms with Crippen molar-refractivity contribution in [3.05, 3.63) is 22.9 Å². The molecule has 1 rings (SSSR count). The van der Waals surface area contributed by atoms with Crippen molar-refractivity contribution >= 4 is 11.6 Å². The maximum Gasteiger partial charge on any atom is 0.280 e. The maximum absolute atomic E-state index is 12.6. The molecule has 86 valence electrons. The third-order valence-electron chi connectivity index (χ3n) is 1.99. The quantitative estimate of drug-likeness (QED) is 0.768. The second-order valence-corrected chi connectivity index (χ2v) is 3.24. The lowest BCUT2D eigenvalue weighted by molar-refractivity contribution is 0.144. The van der Waals surface area contributed by atoms with E-state index < -0.39 is 12.1 Å². The molecule has 0 saturated heterocycles. The zero-order chi connectivity index (χ0) is 12.1. The van der Waals surface area contributed by atoms with Gasteiger partial charge < -0.3 is 4.74 Å². The van der Waals surface area contributed by atoms with E-state index in [9.17, 15) is 8.78 Å². The van der Waals surface area contributed by atoms with Crippen molar-refractivity contribution in [2.75, 3.05) is 7.11 Å². The van der Waals surface area contributed by atoms with Crippen LogP contribution in [0.2, 0.25) is 0 Å². The summed E-state index contributed by atoms with van der Waals surface area (Å²) in [5.74, 6) is 0.171. The summed E-state index contributed by atoms with van der Waals surface area (Å²) in [6, 6.07) is 3.24. The number of rotatable bonds is 4. The number of hydrogen-bond acceptors (Lipinski definition) is 3. The smallest absolute Gasteiger partial charge is 0.280 e. The number of aromatic nitrogens is 1. The van der Waals surface area contributed by atoms with Gasteiger partial charge in [0.1, 0.15) is 5.69 Å². The predicted molar refractivity (Wildman–Crippen MR) is 54.6 cm³/mol. The highest BCUT2D eigenvalue weighted by Crippen LogP contribution is 2.27. The van der Waals surface area contributed by atoms with Gasteiger partial charge in [0.05, 0.1) is 25.5 Å². The van der Waals surface area contributed by atoms with Crippen LogP contribution in [0.15, 0.2) is 6.07 Å². The fraction of sp³-hybridized carbons (Fsp3) is 0.400. The summed E-state index contributed by atoms with van der Waals surface area (Å²) in [7, 11) is 1.33. The Hall–Kier alpha value is -1.41. The van der Waals surface area contributed by atoms with E-state index in [4.69, 9.17) is 21.6 Å². The second-order valence-electron chi connectivity index (χ2n) is 2.97. The highest BCUT2D eigenvalue weighted by atomic mass is 35.5. The third-order valence-corrected chi connectivity index (χ3v) is 2.28. The normalized spacial score (nSPS) is 10.2. The molecule has 0 bridgehead atoms. The van der Waals surface area contributed by atoms with Crippen LogP contribution < -0.4 is 4.74 Å². The first-order chi connectivity index (χ1) is 7.63. The molecule has 0 N–H and O–H groups in total. The first-order valence-electron chi connectivity index (χ1n) is 4.41. The van der Waals surface area contributed by atoms with Gasteiger partial charge in [0.2, 0.25) is 5.88 Å². The van der Waals surface area contributed by atoms with Gasteiger partial charge in [0, 0.05) is 5.56 Å². The van der Waals surface area contributed by atoms with Gasteiger partial charge in [0.15, 0.2) is 0 Å². The molecule has 6 heteroatoms. The summed E-state index contributed by atoms with van der Waals surface area (Å²) in [5, 5.41) is 8.53. The Morgan fingerprint density at radius 2 is 2.25 bits per heavy atom. The zero-order valence-corrected chi connectivity index (χ0v) is 9.26. The summed E-state index contributed by atoms with van der Waals surface area (Å²) in [6.45, 7) is 0. The van der Waals surface area contributed by atoms with Crippen LogP contribution in [0.25, 0.3) is 0 Å². The van der Waals surface area contributed by atoms with Gasteiger partial charge in [-0.2, -0.15) is 5.26 Å². The van der Waals surface area contributed by atoms with Gasteiger partial charge in [-0.1, -0.05) is 0 Å². The largest absolute Gasteiger partial charge is 0.481 e. The first kappa shape index (κ1) is 12.7. The van der Waals surface area contributed by atoms with Crippen molar-refractivity contribution < 1.29 is 13.5 Å². The highest BCUT2D eigenvalue weighted by molar-refractivity contribution is 6.17. The van der Waals surface area contributed by atoms with Crippen LogP contribution in [-0.2, 0) is 12.3 Å². The number of nitriles is 1. The minimum atomic E-state index is -2.73. The van der Waals surface area contributed by atoms with Gasteiger partial charge in [0.25, 0.3) is 6.43 Å². The average Bonchev–Trinajstić information content (AvgIpc) is 2.28. The molecule has 0 aromatic carbocycles. The molecular weight excluding hydrogens is 238 g/mol. The number of nitrogens with zero attached hydrogens (tertiary/aromatic N) is 2. The number of pyridine rings is 1. The first-order valence-corrected chi connectivity index (χ1v) is 4.95. The molecular formula is C10H9ClF2N2O. The van der Waals surface area contributed by atoms with Gasteiger partial charge in [-0.25, -0.2) is 13.8 Å². The molecule has 0 aliphatic rings. The SMILES string of the molecule is COc1nc(C(F)F)c(CC#N)cc1CCl. The minimum absolute atomic E-state index is 0.0759. The molecule has 1 heterocycles. The summed E-state index contributed by atoms with van der Waals surface area (Å²) < 4.78 is 30.1. The van der Waals surface area contributed by atoms with Crippen LogP contribution in [0, 0.1) is 11.3 Å². The summed E-state index contributed by atoms with van der Waals surface area (Å²) >= 11 is 5.62. The van der Waals surface area contributed by atoms with E-state index in [0.29, 0.717) is 5.56 Å². The number of ether oxygens (including phenoxy) is 1. The van der Waals surface area contributed by atoms with Crippen molar-refractivity contribution in [1.82, 2.24) is 4.98 Å². The molecule has 0 atom stereocenters. The fourth-order valence-corrected chi connectivity index (χ4v) is 1.48. The van der Waals surface area contributed by atoms with E-state index >= 15 is 0 Å². The van der Waals surface area contributed by atoms with Crippen LogP contribution in [-0.4, -0.2) is 12.1 Å². The maximum atomic E-state index is 12.6. The minimum Gasteiger partial charge on any atom is -0.481 e. The Labute approximate surface area is 96.6 Å². The average molecular weight is 247 g/mol. The Bertz CT molecular complexity index is 418. The lowest BCUT2D eigenvalue weighted by atomic mass is 10.1. The third kappa shape index (κ3) is 2.58. The lowest BCUT2D eigenvalue weighted by Crippen LogP contribution is -2.03. The molecule has 0 aliphatic heterocycles. The summed E-state index contributed by atoms with van der Waals surface area (Å²) in [4.78, 5) is 3.67. The molecule has 0 radical (unpaired) electrons. The molecule has 0 saturated carbocycles. The van der Waals surface area contributed by atoms with E-state index in [0.717, 1.165) is 0 Å². The number of methoxy groups -OCH3 is 1. The molecule has 0 unspecified atom stereocenters. The Kier molecular flexibility index (Phi) is 4.44. The molecule has 1 aromatic heterocycles. The van der Waals surface area contributed by atoms with E-state index in [-0.39, 0.29) is 23.7 Å².